The fourth-order valence-corrected chi connectivity index (χ4v) is 11.7. The summed E-state index contributed by atoms with van der Waals surface area (Å²) in [5.41, 5.74) is 0. The second-order valence-corrected chi connectivity index (χ2v) is 24.6. The molecular weight excluding hydrogens is 1090 g/mol. The van der Waals surface area contributed by atoms with E-state index in [9.17, 15) is 61.0 Å². The Kier molecular flexibility index (Phi) is 44.7. The number of rotatable bonds is 52. The van der Waals surface area contributed by atoms with Gasteiger partial charge < -0.3 is 89.9 Å². The number of nitrogens with one attached hydrogen (secondary N) is 1. The van der Waals surface area contributed by atoms with E-state index < -0.39 is 124 Å². The van der Waals surface area contributed by atoms with Gasteiger partial charge in [0.25, 0.3) is 0 Å². The monoisotopic (exact) mass is 1220 g/mol. The number of ether oxygens (including phenoxy) is 6. The molecule has 0 spiro atoms. The van der Waals surface area contributed by atoms with Crippen molar-refractivity contribution in [2.45, 2.75) is 362 Å². The number of carbonyl (C=O) groups is 1. The van der Waals surface area contributed by atoms with Gasteiger partial charge in [0.2, 0.25) is 5.91 Å². The molecular formula is C66H123NO18. The largest absolute Gasteiger partial charge is 0.394 e. The molecule has 0 aromatic carbocycles. The number of carbonyl (C=O) groups excluding carboxylic acids is 1. The third kappa shape index (κ3) is 31.7. The quantitative estimate of drug-likeness (QED) is 0.0201. The number of aliphatic hydroxyl groups is 11. The first kappa shape index (κ1) is 77.5. The number of hydrogen-bond acceptors (Lipinski definition) is 18. The Bertz CT molecular complexity index is 1640. The highest BCUT2D eigenvalue weighted by molar-refractivity contribution is 5.76. The lowest BCUT2D eigenvalue weighted by atomic mass is 9.96. The molecule has 1 amide bonds. The van der Waals surface area contributed by atoms with Gasteiger partial charge in [-0.15, -0.1) is 0 Å². The first-order valence-electron chi connectivity index (χ1n) is 34.1. The smallest absolute Gasteiger partial charge is 0.220 e. The van der Waals surface area contributed by atoms with Gasteiger partial charge in [0, 0.05) is 6.42 Å². The number of aliphatic hydroxyl groups excluding tert-OH is 11. The zero-order chi connectivity index (χ0) is 61.9. The molecule has 0 aliphatic carbocycles. The Morgan fingerprint density at radius 3 is 1.16 bits per heavy atom. The number of unbranched alkanes of at least 4 members (excludes halogenated alkanes) is 34. The van der Waals surface area contributed by atoms with Crippen molar-refractivity contribution in [1.82, 2.24) is 5.32 Å². The third-order valence-corrected chi connectivity index (χ3v) is 17.2. The number of amides is 1. The molecule has 19 nitrogen and oxygen atoms in total. The van der Waals surface area contributed by atoms with Crippen LogP contribution in [0.25, 0.3) is 0 Å². The summed E-state index contributed by atoms with van der Waals surface area (Å²) in [4.78, 5) is 13.2. The summed E-state index contributed by atoms with van der Waals surface area (Å²) < 4.78 is 34.0. The maximum absolute atomic E-state index is 13.2. The molecule has 0 aromatic rings. The Morgan fingerprint density at radius 2 is 0.765 bits per heavy atom. The highest BCUT2D eigenvalue weighted by atomic mass is 16.8. The van der Waals surface area contributed by atoms with Crippen LogP contribution >= 0.6 is 0 Å². The van der Waals surface area contributed by atoms with Gasteiger partial charge in [0.1, 0.15) is 73.2 Å². The van der Waals surface area contributed by atoms with Crippen LogP contribution in [0, 0.1) is 0 Å². The van der Waals surface area contributed by atoms with Gasteiger partial charge in [0.05, 0.1) is 38.6 Å². The molecule has 12 N–H and O–H groups in total. The molecule has 500 valence electrons. The molecule has 3 heterocycles. The van der Waals surface area contributed by atoms with Gasteiger partial charge in [-0.3, -0.25) is 4.79 Å². The van der Waals surface area contributed by atoms with Crippen LogP contribution < -0.4 is 5.32 Å². The predicted octanol–water partition coefficient (Wildman–Crippen LogP) is 8.27. The summed E-state index contributed by atoms with van der Waals surface area (Å²) in [6, 6.07) is -0.965. The summed E-state index contributed by atoms with van der Waals surface area (Å²) in [7, 11) is 0. The van der Waals surface area contributed by atoms with Crippen LogP contribution in [-0.2, 0) is 33.2 Å². The van der Waals surface area contributed by atoms with Gasteiger partial charge in [0.15, 0.2) is 18.9 Å². The molecule has 3 rings (SSSR count). The van der Waals surface area contributed by atoms with Crippen molar-refractivity contribution < 1.29 is 89.4 Å². The molecule has 3 aliphatic heterocycles. The van der Waals surface area contributed by atoms with Crippen LogP contribution in [0.3, 0.4) is 0 Å². The molecule has 0 aromatic heterocycles. The predicted molar refractivity (Wildman–Crippen MR) is 328 cm³/mol. The van der Waals surface area contributed by atoms with Crippen LogP contribution in [0.2, 0.25) is 0 Å². The van der Waals surface area contributed by atoms with E-state index in [0.717, 1.165) is 25.7 Å². The SMILES string of the molecule is CCC/C=C/C(O)C(COC1OC(CO)C(OC2OC(CO)C(OC3OC(CO)C(O)C(O)C3O)C(O)C2O)C(O)C1O)NC(=O)CCCCCCCCCCCCCCCCCCCCCCCCCCC/C=C\CCCCCCCCCC. The summed E-state index contributed by atoms with van der Waals surface area (Å²) in [6.45, 7) is 1.50. The standard InChI is InChI=1S/C66H123NO18/c1-3-5-7-8-9-10-11-12-13-14-15-16-17-18-19-20-21-22-23-24-25-26-27-28-29-30-31-32-33-34-35-36-37-38-39-40-42-44-54(72)67-49(50(71)43-41-6-4-2)48-80-64-60(78)57(75)62(52(46-69)82-64)85-66-61(79)58(76)63(53(47-70)83-66)84-65-59(77)56(74)55(73)51(45-68)81-65/h14-15,41,43,49-53,55-66,68-71,73-79H,3-13,16-40,42,44-48H2,1-2H3,(H,67,72)/b15-14-,43-41+. The summed E-state index contributed by atoms with van der Waals surface area (Å²) in [5.74, 6) is -0.284. The number of hydrogen-bond donors (Lipinski definition) is 12. The molecule has 17 unspecified atom stereocenters. The minimum Gasteiger partial charge on any atom is -0.394 e. The third-order valence-electron chi connectivity index (χ3n) is 17.2. The molecule has 3 fully saturated rings. The fourth-order valence-electron chi connectivity index (χ4n) is 11.7. The van der Waals surface area contributed by atoms with E-state index in [1.807, 2.05) is 6.92 Å². The second-order valence-electron chi connectivity index (χ2n) is 24.6. The topological polar surface area (TPSA) is 307 Å². The van der Waals surface area contributed by atoms with Gasteiger partial charge in [-0.2, -0.15) is 0 Å². The average Bonchev–Trinajstić information content (AvgIpc) is 3.63. The van der Waals surface area contributed by atoms with Gasteiger partial charge in [-0.1, -0.05) is 237 Å². The van der Waals surface area contributed by atoms with E-state index in [-0.39, 0.29) is 18.9 Å². The molecule has 3 aliphatic rings. The lowest BCUT2D eigenvalue weighted by Gasteiger charge is -2.48. The zero-order valence-electron chi connectivity index (χ0n) is 52.6. The van der Waals surface area contributed by atoms with Crippen molar-refractivity contribution in [3.63, 3.8) is 0 Å². The lowest BCUT2D eigenvalue weighted by Crippen LogP contribution is -2.66. The highest BCUT2D eigenvalue weighted by Crippen LogP contribution is 2.33. The molecule has 0 radical (unpaired) electrons. The van der Waals surface area contributed by atoms with Crippen molar-refractivity contribution in [2.24, 2.45) is 0 Å². The normalized spacial score (nSPS) is 29.1. The molecule has 0 saturated carbocycles. The summed E-state index contributed by atoms with van der Waals surface area (Å²) in [6.07, 6.45) is 29.2. The second kappa shape index (κ2) is 49.0. The van der Waals surface area contributed by atoms with Crippen LogP contribution in [0.15, 0.2) is 24.3 Å². The van der Waals surface area contributed by atoms with Gasteiger partial charge >= 0.3 is 0 Å². The van der Waals surface area contributed by atoms with Crippen LogP contribution in [0.1, 0.15) is 258 Å². The number of allylic oxidation sites excluding steroid dienone is 3. The van der Waals surface area contributed by atoms with Crippen molar-refractivity contribution in [1.29, 1.82) is 0 Å². The lowest BCUT2D eigenvalue weighted by molar-refractivity contribution is -0.379. The molecule has 0 bridgehead atoms. The van der Waals surface area contributed by atoms with E-state index in [1.54, 1.807) is 12.2 Å². The Morgan fingerprint density at radius 1 is 0.412 bits per heavy atom. The van der Waals surface area contributed by atoms with E-state index in [1.165, 1.54) is 199 Å². The van der Waals surface area contributed by atoms with Crippen molar-refractivity contribution in [2.75, 3.05) is 26.4 Å². The molecule has 19 heteroatoms. The van der Waals surface area contributed by atoms with Gasteiger partial charge in [-0.25, -0.2) is 0 Å². The van der Waals surface area contributed by atoms with Crippen molar-refractivity contribution >= 4 is 5.91 Å². The summed E-state index contributed by atoms with van der Waals surface area (Å²) >= 11 is 0. The van der Waals surface area contributed by atoms with Crippen molar-refractivity contribution in [3.8, 4) is 0 Å². The highest BCUT2D eigenvalue weighted by Gasteiger charge is 2.53. The van der Waals surface area contributed by atoms with E-state index >= 15 is 0 Å². The maximum atomic E-state index is 13.2. The minimum atomic E-state index is -1.97. The van der Waals surface area contributed by atoms with Crippen LogP contribution in [0.5, 0.6) is 0 Å². The summed E-state index contributed by atoms with van der Waals surface area (Å²) in [5, 5.41) is 119. The molecule has 3 saturated heterocycles. The molecule has 85 heavy (non-hydrogen) atoms. The van der Waals surface area contributed by atoms with Crippen LogP contribution in [0.4, 0.5) is 0 Å². The van der Waals surface area contributed by atoms with E-state index in [0.29, 0.717) is 12.8 Å². The first-order chi connectivity index (χ1) is 41.3. The maximum Gasteiger partial charge on any atom is 0.220 e. The van der Waals surface area contributed by atoms with E-state index in [2.05, 4.69) is 24.4 Å². The Labute approximate surface area is 511 Å². The molecule has 17 atom stereocenters. The fraction of sp³-hybridized carbons (Fsp3) is 0.924. The minimum absolute atomic E-state index is 0.245. The first-order valence-corrected chi connectivity index (χ1v) is 34.1. The van der Waals surface area contributed by atoms with Crippen molar-refractivity contribution in [3.05, 3.63) is 24.3 Å². The Balaban J connectivity index is 1.20. The Hall–Kier alpha value is -1.73. The van der Waals surface area contributed by atoms with Gasteiger partial charge in [-0.05, 0) is 38.5 Å². The van der Waals surface area contributed by atoms with E-state index in [4.69, 9.17) is 28.4 Å². The average molecular weight is 1220 g/mol. The zero-order valence-corrected chi connectivity index (χ0v) is 52.6. The van der Waals surface area contributed by atoms with Crippen LogP contribution in [-0.4, -0.2) is 193 Å².